The van der Waals surface area contributed by atoms with E-state index in [0.29, 0.717) is 13.1 Å². The van der Waals surface area contributed by atoms with Crippen molar-refractivity contribution in [2.24, 2.45) is 0 Å². The van der Waals surface area contributed by atoms with Gasteiger partial charge in [0.25, 0.3) is 0 Å². The van der Waals surface area contributed by atoms with Gasteiger partial charge < -0.3 is 19.9 Å². The lowest BCUT2D eigenvalue weighted by Gasteiger charge is -2.36. The average Bonchev–Trinajstić information content (AvgIpc) is 2.68. The van der Waals surface area contributed by atoms with Crippen molar-refractivity contribution in [2.45, 2.75) is 46.1 Å². The molecule has 1 fully saturated rings. The number of piperazine rings is 1. The van der Waals surface area contributed by atoms with Gasteiger partial charge in [-0.25, -0.2) is 4.79 Å². The normalized spacial score (nSPS) is 14.8. The van der Waals surface area contributed by atoms with Crippen LogP contribution in [0.3, 0.4) is 0 Å². The molecule has 0 spiro atoms. The minimum Gasteiger partial charge on any atom is -0.489 e. The molecule has 3 rings (SSSR count). The second kappa shape index (κ2) is 8.76. The third kappa shape index (κ3) is 5.43. The van der Waals surface area contributed by atoms with Crippen LogP contribution in [0.5, 0.6) is 5.75 Å². The lowest BCUT2D eigenvalue weighted by Crippen LogP contribution is -2.50. The first-order valence-electron chi connectivity index (χ1n) is 10.4. The van der Waals surface area contributed by atoms with Crippen molar-refractivity contribution in [3.63, 3.8) is 0 Å². The number of urea groups is 1. The summed E-state index contributed by atoms with van der Waals surface area (Å²) >= 11 is 0. The van der Waals surface area contributed by atoms with Crippen molar-refractivity contribution < 1.29 is 9.53 Å². The van der Waals surface area contributed by atoms with Gasteiger partial charge in [-0.05, 0) is 49.1 Å². The first-order valence-corrected chi connectivity index (χ1v) is 10.4. The molecule has 0 aliphatic carbocycles. The molecule has 2 aromatic rings. The Hall–Kier alpha value is -2.69. The van der Waals surface area contributed by atoms with Crippen LogP contribution in [0.25, 0.3) is 0 Å². The highest BCUT2D eigenvalue weighted by Crippen LogP contribution is 2.30. The molecule has 1 heterocycles. The largest absolute Gasteiger partial charge is 0.489 e. The maximum Gasteiger partial charge on any atom is 0.321 e. The van der Waals surface area contributed by atoms with Gasteiger partial charge in [0.2, 0.25) is 0 Å². The molecule has 0 atom stereocenters. The van der Waals surface area contributed by atoms with Crippen molar-refractivity contribution >= 4 is 17.4 Å². The summed E-state index contributed by atoms with van der Waals surface area (Å²) in [4.78, 5) is 16.8. The Morgan fingerprint density at radius 1 is 0.966 bits per heavy atom. The number of nitrogens with one attached hydrogen (secondary N) is 1. The van der Waals surface area contributed by atoms with Gasteiger partial charge in [-0.2, -0.15) is 0 Å². The van der Waals surface area contributed by atoms with Gasteiger partial charge in [-0.1, -0.05) is 45.0 Å². The number of carbonyl (C=O) groups excluding carboxylic acids is 1. The van der Waals surface area contributed by atoms with Crippen LogP contribution in [-0.2, 0) is 5.41 Å². The van der Waals surface area contributed by atoms with Crippen molar-refractivity contribution in [1.82, 2.24) is 4.90 Å². The Balaban J connectivity index is 1.57. The Bertz CT molecular complexity index is 817. The second-order valence-electron chi connectivity index (χ2n) is 8.87. The van der Waals surface area contributed by atoms with Gasteiger partial charge in [0.15, 0.2) is 0 Å². The van der Waals surface area contributed by atoms with Crippen molar-refractivity contribution in [1.29, 1.82) is 0 Å². The van der Waals surface area contributed by atoms with E-state index in [1.54, 1.807) is 0 Å². The summed E-state index contributed by atoms with van der Waals surface area (Å²) in [5, 5.41) is 3.03. The molecule has 0 unspecified atom stereocenters. The number of ether oxygens (including phenoxy) is 1. The van der Waals surface area contributed by atoms with Gasteiger partial charge in [0.1, 0.15) is 5.75 Å². The van der Waals surface area contributed by atoms with Crippen molar-refractivity contribution in [2.75, 3.05) is 36.4 Å². The summed E-state index contributed by atoms with van der Waals surface area (Å²) in [6.45, 7) is 13.6. The maximum absolute atomic E-state index is 12.7. The highest BCUT2D eigenvalue weighted by Gasteiger charge is 2.23. The van der Waals surface area contributed by atoms with Gasteiger partial charge >= 0.3 is 6.03 Å². The van der Waals surface area contributed by atoms with E-state index in [2.05, 4.69) is 49.2 Å². The lowest BCUT2D eigenvalue weighted by atomic mass is 9.87. The Labute approximate surface area is 174 Å². The van der Waals surface area contributed by atoms with Crippen LogP contribution < -0.4 is 15.0 Å². The molecule has 2 aromatic carbocycles. The lowest BCUT2D eigenvalue weighted by molar-refractivity contribution is 0.207. The number of rotatable bonds is 4. The zero-order valence-electron chi connectivity index (χ0n) is 18.2. The van der Waals surface area contributed by atoms with Gasteiger partial charge in [-0.15, -0.1) is 0 Å². The summed E-state index contributed by atoms with van der Waals surface area (Å²) in [5.74, 6) is 0.902. The smallest absolute Gasteiger partial charge is 0.321 e. The second-order valence-corrected chi connectivity index (χ2v) is 8.87. The summed E-state index contributed by atoms with van der Waals surface area (Å²) in [6, 6.07) is 16.2. The molecule has 2 amide bonds. The third-order valence-electron chi connectivity index (χ3n) is 5.14. The number of nitrogens with zero attached hydrogens (tertiary/aromatic N) is 2. The number of amides is 2. The number of benzene rings is 2. The van der Waals surface area contributed by atoms with Gasteiger partial charge in [0, 0.05) is 31.9 Å². The molecule has 5 heteroatoms. The van der Waals surface area contributed by atoms with E-state index in [1.807, 2.05) is 49.1 Å². The molecule has 0 radical (unpaired) electrons. The molecule has 1 saturated heterocycles. The molecular weight excluding hydrogens is 362 g/mol. The quantitative estimate of drug-likeness (QED) is 0.781. The van der Waals surface area contributed by atoms with Crippen LogP contribution in [0.15, 0.2) is 48.5 Å². The Morgan fingerprint density at radius 3 is 2.17 bits per heavy atom. The molecule has 0 bridgehead atoms. The van der Waals surface area contributed by atoms with Gasteiger partial charge in [-0.3, -0.25) is 0 Å². The van der Waals surface area contributed by atoms with Crippen LogP contribution in [-0.4, -0.2) is 43.2 Å². The fraction of sp³-hybridized carbons (Fsp3) is 0.458. The monoisotopic (exact) mass is 395 g/mol. The molecule has 156 valence electrons. The third-order valence-corrected chi connectivity index (χ3v) is 5.14. The minimum atomic E-state index is -0.0418. The summed E-state index contributed by atoms with van der Waals surface area (Å²) in [5.41, 5.74) is 3.29. The summed E-state index contributed by atoms with van der Waals surface area (Å²) < 4.78 is 5.95. The van der Waals surface area contributed by atoms with Crippen LogP contribution in [0.4, 0.5) is 16.2 Å². The van der Waals surface area contributed by atoms with E-state index in [4.69, 9.17) is 4.74 Å². The van der Waals surface area contributed by atoms with Crippen LogP contribution in [0.2, 0.25) is 0 Å². The van der Waals surface area contributed by atoms with Crippen molar-refractivity contribution in [3.8, 4) is 5.75 Å². The standard InChI is InChI=1S/C24H33N3O2/c1-18(2)29-22-9-7-6-8-21(22)26-14-16-27(17-15-26)23(28)25-20-12-10-19(11-13-20)24(3,4)5/h6-13,18H,14-17H2,1-5H3,(H,25,28). The van der Waals surface area contributed by atoms with E-state index >= 15 is 0 Å². The predicted molar refractivity (Wildman–Crippen MR) is 120 cm³/mol. The fourth-order valence-corrected chi connectivity index (χ4v) is 3.48. The SMILES string of the molecule is CC(C)Oc1ccccc1N1CCN(C(=O)Nc2ccc(C(C)(C)C)cc2)CC1. The van der Waals surface area contributed by atoms with E-state index in [0.717, 1.165) is 30.2 Å². The first kappa shape index (κ1) is 21.0. The highest BCUT2D eigenvalue weighted by atomic mass is 16.5. The molecule has 1 aliphatic rings. The number of anilines is 2. The van der Waals surface area contributed by atoms with E-state index in [9.17, 15) is 4.79 Å². The number of hydrogen-bond acceptors (Lipinski definition) is 3. The number of para-hydroxylation sites is 2. The summed E-state index contributed by atoms with van der Waals surface area (Å²) in [6.07, 6.45) is 0.132. The van der Waals surface area contributed by atoms with Crippen molar-refractivity contribution in [3.05, 3.63) is 54.1 Å². The van der Waals surface area contributed by atoms with Crippen LogP contribution in [0, 0.1) is 0 Å². The fourth-order valence-electron chi connectivity index (χ4n) is 3.48. The minimum absolute atomic E-state index is 0.0418. The Morgan fingerprint density at radius 2 is 1.59 bits per heavy atom. The zero-order valence-corrected chi connectivity index (χ0v) is 18.2. The zero-order chi connectivity index (χ0) is 21.0. The van der Waals surface area contributed by atoms with E-state index in [-0.39, 0.29) is 17.6 Å². The molecular formula is C24H33N3O2. The molecule has 0 aromatic heterocycles. The van der Waals surface area contributed by atoms with Gasteiger partial charge in [0.05, 0.1) is 11.8 Å². The van der Waals surface area contributed by atoms with E-state index < -0.39 is 0 Å². The number of hydrogen-bond donors (Lipinski definition) is 1. The number of carbonyl (C=O) groups is 1. The molecule has 0 saturated carbocycles. The van der Waals surface area contributed by atoms with Crippen LogP contribution in [0.1, 0.15) is 40.2 Å². The molecule has 5 nitrogen and oxygen atoms in total. The first-order chi connectivity index (χ1) is 13.7. The average molecular weight is 396 g/mol. The summed E-state index contributed by atoms with van der Waals surface area (Å²) in [7, 11) is 0. The topological polar surface area (TPSA) is 44.8 Å². The molecule has 1 aliphatic heterocycles. The van der Waals surface area contributed by atoms with Crippen LogP contribution >= 0.6 is 0 Å². The van der Waals surface area contributed by atoms with E-state index in [1.165, 1.54) is 5.56 Å². The predicted octanol–water partition coefficient (Wildman–Crippen LogP) is 5.13. The highest BCUT2D eigenvalue weighted by molar-refractivity contribution is 5.89. The Kier molecular flexibility index (Phi) is 6.36. The molecule has 1 N–H and O–H groups in total. The maximum atomic E-state index is 12.7. The molecule has 29 heavy (non-hydrogen) atoms.